The quantitative estimate of drug-likeness (QED) is 0.684. The molecule has 2 aliphatic rings. The normalized spacial score (nSPS) is 21.6. The van der Waals surface area contributed by atoms with E-state index in [0.29, 0.717) is 30.3 Å². The number of ether oxygens (including phenoxy) is 2. The number of nitrogens with zero attached hydrogens (tertiary/aromatic N) is 2. The van der Waals surface area contributed by atoms with E-state index in [0.717, 1.165) is 51.9 Å². The Morgan fingerprint density at radius 1 is 0.852 bits per heavy atom. The zero-order valence-corrected chi connectivity index (χ0v) is 17.6. The molecule has 0 radical (unpaired) electrons. The first-order chi connectivity index (χ1) is 13.0. The van der Waals surface area contributed by atoms with E-state index in [4.69, 9.17) is 9.47 Å². The summed E-state index contributed by atoms with van der Waals surface area (Å²) in [5.74, 6) is 2.83. The molecule has 6 nitrogen and oxygen atoms in total. The van der Waals surface area contributed by atoms with Crippen LogP contribution < -0.4 is 0 Å². The second-order valence-corrected chi connectivity index (χ2v) is 8.35. The third-order valence-electron chi connectivity index (χ3n) is 6.72. The van der Waals surface area contributed by atoms with Gasteiger partial charge < -0.3 is 19.3 Å². The fourth-order valence-corrected chi connectivity index (χ4v) is 4.64. The Morgan fingerprint density at radius 3 is 1.63 bits per heavy atom. The molecule has 0 bridgehead atoms. The third-order valence-corrected chi connectivity index (χ3v) is 6.72. The molecule has 2 atom stereocenters. The van der Waals surface area contributed by atoms with Crippen LogP contribution in [0.5, 0.6) is 0 Å². The van der Waals surface area contributed by atoms with Gasteiger partial charge in [0.05, 0.1) is 13.7 Å². The maximum atomic E-state index is 11.8. The predicted molar refractivity (Wildman–Crippen MR) is 106 cm³/mol. The Bertz CT molecular complexity index is 469. The summed E-state index contributed by atoms with van der Waals surface area (Å²) in [6.45, 7) is 10.3. The second kappa shape index (κ2) is 10.8. The fraction of sp³-hybridized carbons (Fsp3) is 0.905. The first-order valence-electron chi connectivity index (χ1n) is 10.7. The van der Waals surface area contributed by atoms with Gasteiger partial charge in [0.2, 0.25) is 0 Å². The number of likely N-dealkylation sites (tertiary alicyclic amines) is 2. The molecule has 156 valence electrons. The Labute approximate surface area is 164 Å². The summed E-state index contributed by atoms with van der Waals surface area (Å²) in [7, 11) is 1.45. The number of piperidine rings is 2. The van der Waals surface area contributed by atoms with Crippen LogP contribution in [-0.4, -0.2) is 61.9 Å². The van der Waals surface area contributed by atoms with Gasteiger partial charge >= 0.3 is 12.2 Å². The summed E-state index contributed by atoms with van der Waals surface area (Å²) in [5.41, 5.74) is 0. The zero-order valence-electron chi connectivity index (χ0n) is 17.6. The minimum atomic E-state index is -0.191. The van der Waals surface area contributed by atoms with Gasteiger partial charge in [-0.1, -0.05) is 26.7 Å². The van der Waals surface area contributed by atoms with Crippen LogP contribution in [0.15, 0.2) is 0 Å². The molecule has 0 aromatic heterocycles. The lowest BCUT2D eigenvalue weighted by Crippen LogP contribution is -2.40. The van der Waals surface area contributed by atoms with E-state index in [1.165, 1.54) is 20.0 Å². The zero-order chi connectivity index (χ0) is 19.8. The van der Waals surface area contributed by atoms with Gasteiger partial charge in [-0.05, 0) is 56.3 Å². The Balaban J connectivity index is 1.66. The highest BCUT2D eigenvalue weighted by Crippen LogP contribution is 2.33. The predicted octanol–water partition coefficient (Wildman–Crippen LogP) is 4.39. The smallest absolute Gasteiger partial charge is 0.409 e. The number of methoxy groups -OCH3 is 1. The lowest BCUT2D eigenvalue weighted by atomic mass is 9.78. The fourth-order valence-electron chi connectivity index (χ4n) is 4.64. The largest absolute Gasteiger partial charge is 0.453 e. The van der Waals surface area contributed by atoms with Crippen molar-refractivity contribution in [3.05, 3.63) is 0 Å². The number of carbonyl (C=O) groups excluding carboxylic acids is 2. The van der Waals surface area contributed by atoms with Crippen LogP contribution >= 0.6 is 0 Å². The molecule has 0 aromatic rings. The van der Waals surface area contributed by atoms with E-state index in [1.807, 2.05) is 16.7 Å². The maximum absolute atomic E-state index is 11.8. The summed E-state index contributed by atoms with van der Waals surface area (Å²) in [4.78, 5) is 27.1. The number of amides is 2. The second-order valence-electron chi connectivity index (χ2n) is 8.35. The van der Waals surface area contributed by atoms with Crippen molar-refractivity contribution < 1.29 is 19.1 Å². The van der Waals surface area contributed by atoms with Crippen molar-refractivity contribution in [3.63, 3.8) is 0 Å². The first-order valence-corrected chi connectivity index (χ1v) is 10.7. The molecule has 0 aromatic carbocycles. The molecule has 2 fully saturated rings. The number of hydrogen-bond acceptors (Lipinski definition) is 4. The summed E-state index contributed by atoms with van der Waals surface area (Å²) < 4.78 is 9.93. The van der Waals surface area contributed by atoms with Crippen molar-refractivity contribution in [2.75, 3.05) is 39.9 Å². The lowest BCUT2D eigenvalue weighted by Gasteiger charge is -2.36. The maximum Gasteiger partial charge on any atom is 0.409 e. The number of hydrogen-bond donors (Lipinski definition) is 0. The Hall–Kier alpha value is -1.46. The highest BCUT2D eigenvalue weighted by Gasteiger charge is 2.29. The molecule has 0 N–H and O–H groups in total. The molecule has 2 heterocycles. The lowest BCUT2D eigenvalue weighted by molar-refractivity contribution is 0.0818. The van der Waals surface area contributed by atoms with Crippen LogP contribution in [0.2, 0.25) is 0 Å². The van der Waals surface area contributed by atoms with Crippen LogP contribution in [-0.2, 0) is 9.47 Å². The highest BCUT2D eigenvalue weighted by atomic mass is 16.6. The van der Waals surface area contributed by atoms with Crippen molar-refractivity contribution in [2.45, 2.75) is 59.3 Å². The van der Waals surface area contributed by atoms with Crippen LogP contribution in [0, 0.1) is 23.7 Å². The molecule has 2 amide bonds. The van der Waals surface area contributed by atoms with E-state index in [2.05, 4.69) is 13.8 Å². The van der Waals surface area contributed by atoms with Gasteiger partial charge in [0.25, 0.3) is 0 Å². The van der Waals surface area contributed by atoms with Gasteiger partial charge in [-0.15, -0.1) is 0 Å². The standard InChI is InChI=1S/C21H38N2O4/c1-5-27-21(25)23-14-10-19(11-15-23)17(3)7-6-16(2)18-8-12-22(13-9-18)20(24)26-4/h16-19H,5-15H2,1-4H3. The SMILES string of the molecule is CCOC(=O)N1CCC(C(C)CCC(C)C2CCN(C(=O)OC)CC2)CC1. The average Bonchev–Trinajstić information content (AvgIpc) is 2.71. The first kappa shape index (κ1) is 21.8. The summed E-state index contributed by atoms with van der Waals surface area (Å²) in [6.07, 6.45) is 6.51. The average molecular weight is 383 g/mol. The summed E-state index contributed by atoms with van der Waals surface area (Å²) in [5, 5.41) is 0. The summed E-state index contributed by atoms with van der Waals surface area (Å²) >= 11 is 0. The monoisotopic (exact) mass is 382 g/mol. The molecular weight excluding hydrogens is 344 g/mol. The van der Waals surface area contributed by atoms with Crippen molar-refractivity contribution in [1.29, 1.82) is 0 Å². The molecule has 2 unspecified atom stereocenters. The third kappa shape index (κ3) is 6.28. The van der Waals surface area contributed by atoms with Crippen molar-refractivity contribution in [1.82, 2.24) is 9.80 Å². The molecule has 27 heavy (non-hydrogen) atoms. The minimum Gasteiger partial charge on any atom is -0.453 e. The molecule has 0 saturated carbocycles. The number of rotatable bonds is 6. The van der Waals surface area contributed by atoms with Gasteiger partial charge in [-0.3, -0.25) is 0 Å². The van der Waals surface area contributed by atoms with E-state index in [1.54, 1.807) is 0 Å². The molecule has 2 saturated heterocycles. The minimum absolute atomic E-state index is 0.157. The van der Waals surface area contributed by atoms with E-state index < -0.39 is 0 Å². The van der Waals surface area contributed by atoms with Gasteiger partial charge in [0.15, 0.2) is 0 Å². The van der Waals surface area contributed by atoms with Crippen LogP contribution in [0.25, 0.3) is 0 Å². The van der Waals surface area contributed by atoms with Gasteiger partial charge in [-0.25, -0.2) is 9.59 Å². The van der Waals surface area contributed by atoms with Crippen LogP contribution in [0.1, 0.15) is 59.3 Å². The molecule has 2 rings (SSSR count). The van der Waals surface area contributed by atoms with Crippen molar-refractivity contribution >= 4 is 12.2 Å². The van der Waals surface area contributed by atoms with E-state index in [-0.39, 0.29) is 12.2 Å². The molecule has 2 aliphatic heterocycles. The van der Waals surface area contributed by atoms with Crippen molar-refractivity contribution in [3.8, 4) is 0 Å². The van der Waals surface area contributed by atoms with Crippen LogP contribution in [0.3, 0.4) is 0 Å². The Kier molecular flexibility index (Phi) is 8.71. The van der Waals surface area contributed by atoms with Gasteiger partial charge in [0, 0.05) is 26.2 Å². The Morgan fingerprint density at radius 2 is 1.26 bits per heavy atom. The number of carbonyl (C=O) groups is 2. The van der Waals surface area contributed by atoms with Gasteiger partial charge in [0.1, 0.15) is 0 Å². The molecular formula is C21H38N2O4. The molecule has 6 heteroatoms. The van der Waals surface area contributed by atoms with Crippen molar-refractivity contribution in [2.24, 2.45) is 23.7 Å². The highest BCUT2D eigenvalue weighted by molar-refractivity contribution is 5.67. The molecule has 0 aliphatic carbocycles. The topological polar surface area (TPSA) is 59.1 Å². The molecule has 0 spiro atoms. The summed E-state index contributed by atoms with van der Waals surface area (Å²) in [6, 6.07) is 0. The van der Waals surface area contributed by atoms with Gasteiger partial charge in [-0.2, -0.15) is 0 Å². The van der Waals surface area contributed by atoms with Crippen LogP contribution in [0.4, 0.5) is 9.59 Å². The van der Waals surface area contributed by atoms with E-state index in [9.17, 15) is 9.59 Å². The van der Waals surface area contributed by atoms with E-state index >= 15 is 0 Å².